The summed E-state index contributed by atoms with van der Waals surface area (Å²) in [6.45, 7) is 4.91. The monoisotopic (exact) mass is 266 g/mol. The third kappa shape index (κ3) is 2.26. The lowest BCUT2D eigenvalue weighted by Gasteiger charge is -2.08. The van der Waals surface area contributed by atoms with E-state index in [1.807, 2.05) is 13.8 Å². The Hall–Kier alpha value is -1.75. The van der Waals surface area contributed by atoms with Crippen LogP contribution >= 0.6 is 11.6 Å². The summed E-state index contributed by atoms with van der Waals surface area (Å²) in [5.74, 6) is 0. The minimum Gasteiger partial charge on any atom is -0.398 e. The van der Waals surface area contributed by atoms with Crippen molar-refractivity contribution in [1.29, 1.82) is 0 Å². The fraction of sp³-hybridized carbons (Fsp3) is 0.333. The molecule has 0 aliphatic carbocycles. The molecular weight excluding hydrogens is 252 g/mol. The van der Waals surface area contributed by atoms with Crippen LogP contribution in [0.25, 0.3) is 0 Å². The van der Waals surface area contributed by atoms with Crippen LogP contribution in [0.1, 0.15) is 18.3 Å². The van der Waals surface area contributed by atoms with Crippen molar-refractivity contribution < 1.29 is 0 Å². The van der Waals surface area contributed by atoms with Gasteiger partial charge >= 0.3 is 0 Å². The van der Waals surface area contributed by atoms with E-state index >= 15 is 0 Å². The Morgan fingerprint density at radius 2 is 2.17 bits per heavy atom. The van der Waals surface area contributed by atoms with Crippen molar-refractivity contribution in [2.24, 2.45) is 0 Å². The van der Waals surface area contributed by atoms with Gasteiger partial charge in [0.05, 0.1) is 23.0 Å². The summed E-state index contributed by atoms with van der Waals surface area (Å²) < 4.78 is 3.33. The zero-order valence-corrected chi connectivity index (χ0v) is 11.1. The highest BCUT2D eigenvalue weighted by molar-refractivity contribution is 6.31. The minimum absolute atomic E-state index is 0.109. The Bertz CT molecular complexity index is 629. The molecule has 2 N–H and O–H groups in total. The normalized spacial score (nSPS) is 10.8. The van der Waals surface area contributed by atoms with E-state index in [-0.39, 0.29) is 5.56 Å². The first-order valence-corrected chi connectivity index (χ1v) is 6.08. The van der Waals surface area contributed by atoms with Crippen molar-refractivity contribution in [3.8, 4) is 0 Å². The van der Waals surface area contributed by atoms with Crippen molar-refractivity contribution in [2.45, 2.75) is 26.9 Å². The van der Waals surface area contributed by atoms with Crippen LogP contribution in [0.4, 0.5) is 5.69 Å². The van der Waals surface area contributed by atoms with E-state index in [0.717, 1.165) is 11.4 Å². The molecule has 18 heavy (non-hydrogen) atoms. The first-order chi connectivity index (χ1) is 8.52. The Morgan fingerprint density at radius 1 is 1.44 bits per heavy atom. The van der Waals surface area contributed by atoms with Crippen LogP contribution < -0.4 is 11.3 Å². The second-order valence-corrected chi connectivity index (χ2v) is 4.47. The second-order valence-electron chi connectivity index (χ2n) is 4.09. The van der Waals surface area contributed by atoms with E-state index in [4.69, 9.17) is 17.3 Å². The molecule has 6 heteroatoms. The van der Waals surface area contributed by atoms with Gasteiger partial charge in [-0.3, -0.25) is 9.48 Å². The van der Waals surface area contributed by atoms with Crippen LogP contribution in [0.3, 0.4) is 0 Å². The molecule has 5 nitrogen and oxygen atoms in total. The number of nitrogen functional groups attached to an aromatic ring is 1. The number of nitrogens with two attached hydrogens (primary N) is 1. The van der Waals surface area contributed by atoms with Crippen molar-refractivity contribution in [3.63, 3.8) is 0 Å². The summed E-state index contributed by atoms with van der Waals surface area (Å²) in [4.78, 5) is 11.7. The van der Waals surface area contributed by atoms with Gasteiger partial charge in [0.2, 0.25) is 0 Å². The standard InChI is InChI=1S/C12H15ClN4O/c1-3-17-10(12(13)8(2)15-17)7-16-6-9(14)4-5-11(16)18/h4-6H,3,7,14H2,1-2H3. The number of nitrogens with zero attached hydrogens (tertiary/aromatic N) is 3. The van der Waals surface area contributed by atoms with Crippen molar-refractivity contribution in [2.75, 3.05) is 5.73 Å². The lowest BCUT2D eigenvalue weighted by atomic mass is 10.3. The van der Waals surface area contributed by atoms with E-state index in [1.54, 1.807) is 16.9 Å². The van der Waals surface area contributed by atoms with E-state index in [2.05, 4.69) is 5.10 Å². The first-order valence-electron chi connectivity index (χ1n) is 5.70. The number of hydrogen-bond donors (Lipinski definition) is 1. The zero-order chi connectivity index (χ0) is 13.3. The molecule has 0 amide bonds. The average Bonchev–Trinajstić information content (AvgIpc) is 2.61. The maximum absolute atomic E-state index is 11.7. The molecule has 2 aromatic rings. The van der Waals surface area contributed by atoms with Gasteiger partial charge in [0.15, 0.2) is 0 Å². The van der Waals surface area contributed by atoms with Gasteiger partial charge in [0, 0.05) is 24.5 Å². The lowest BCUT2D eigenvalue weighted by molar-refractivity contribution is 0.592. The van der Waals surface area contributed by atoms with E-state index in [1.165, 1.54) is 10.6 Å². The number of hydrogen-bond acceptors (Lipinski definition) is 3. The quantitative estimate of drug-likeness (QED) is 0.919. The second kappa shape index (κ2) is 4.86. The van der Waals surface area contributed by atoms with Gasteiger partial charge in [-0.25, -0.2) is 0 Å². The molecule has 0 fully saturated rings. The topological polar surface area (TPSA) is 65.8 Å². The van der Waals surface area contributed by atoms with Gasteiger partial charge in [-0.05, 0) is 19.9 Å². The molecule has 0 aliphatic heterocycles. The first kappa shape index (κ1) is 12.7. The van der Waals surface area contributed by atoms with Gasteiger partial charge in [0.25, 0.3) is 5.56 Å². The maximum Gasteiger partial charge on any atom is 0.251 e. The van der Waals surface area contributed by atoms with Crippen LogP contribution in [0.15, 0.2) is 23.1 Å². The highest BCUT2D eigenvalue weighted by Gasteiger charge is 2.13. The van der Waals surface area contributed by atoms with Gasteiger partial charge < -0.3 is 10.3 Å². The lowest BCUT2D eigenvalue weighted by Crippen LogP contribution is -2.21. The van der Waals surface area contributed by atoms with Crippen LogP contribution in [0, 0.1) is 6.92 Å². The average molecular weight is 267 g/mol. The molecule has 2 heterocycles. The molecule has 96 valence electrons. The van der Waals surface area contributed by atoms with E-state index in [9.17, 15) is 4.79 Å². The van der Waals surface area contributed by atoms with Gasteiger partial charge in [-0.15, -0.1) is 0 Å². The molecule has 0 aliphatic rings. The third-order valence-corrected chi connectivity index (χ3v) is 3.27. The predicted molar refractivity (Wildman–Crippen MR) is 71.9 cm³/mol. The SMILES string of the molecule is CCn1nc(C)c(Cl)c1Cn1cc(N)ccc1=O. The highest BCUT2D eigenvalue weighted by atomic mass is 35.5. The molecule has 0 saturated heterocycles. The summed E-state index contributed by atoms with van der Waals surface area (Å²) in [5.41, 5.74) is 7.71. The summed E-state index contributed by atoms with van der Waals surface area (Å²) in [7, 11) is 0. The molecule has 2 rings (SSSR count). The minimum atomic E-state index is -0.109. The van der Waals surface area contributed by atoms with Crippen LogP contribution in [-0.2, 0) is 13.1 Å². The van der Waals surface area contributed by atoms with Crippen LogP contribution in [0.5, 0.6) is 0 Å². The molecular formula is C12H15ClN4O. The Labute approximate surface area is 110 Å². The number of anilines is 1. The zero-order valence-electron chi connectivity index (χ0n) is 10.4. The molecule has 0 unspecified atom stereocenters. The summed E-state index contributed by atoms with van der Waals surface area (Å²) >= 11 is 6.20. The Balaban J connectivity index is 2.45. The molecule has 0 aromatic carbocycles. The number of aryl methyl sites for hydroxylation is 2. The number of rotatable bonds is 3. The van der Waals surface area contributed by atoms with Crippen molar-refractivity contribution >= 4 is 17.3 Å². The van der Waals surface area contributed by atoms with E-state index < -0.39 is 0 Å². The van der Waals surface area contributed by atoms with Gasteiger partial charge in [-0.2, -0.15) is 5.10 Å². The summed E-state index contributed by atoms with van der Waals surface area (Å²) in [5, 5.41) is 4.92. The predicted octanol–water partition coefficient (Wildman–Crippen LogP) is 1.66. The van der Waals surface area contributed by atoms with Gasteiger partial charge in [0.1, 0.15) is 0 Å². The molecule has 0 radical (unpaired) electrons. The number of halogens is 1. The van der Waals surface area contributed by atoms with Crippen LogP contribution in [-0.4, -0.2) is 14.3 Å². The molecule has 2 aromatic heterocycles. The number of aromatic nitrogens is 3. The van der Waals surface area contributed by atoms with Gasteiger partial charge in [-0.1, -0.05) is 11.6 Å². The molecule has 0 bridgehead atoms. The molecule has 0 spiro atoms. The highest BCUT2D eigenvalue weighted by Crippen LogP contribution is 2.20. The fourth-order valence-electron chi connectivity index (χ4n) is 1.85. The van der Waals surface area contributed by atoms with Crippen LogP contribution in [0.2, 0.25) is 5.02 Å². The maximum atomic E-state index is 11.7. The van der Waals surface area contributed by atoms with Crippen molar-refractivity contribution in [3.05, 3.63) is 45.1 Å². The van der Waals surface area contributed by atoms with Crippen molar-refractivity contribution in [1.82, 2.24) is 14.3 Å². The summed E-state index contributed by atoms with van der Waals surface area (Å²) in [6.07, 6.45) is 1.61. The Morgan fingerprint density at radius 3 is 2.83 bits per heavy atom. The number of pyridine rings is 1. The molecule has 0 saturated carbocycles. The largest absolute Gasteiger partial charge is 0.398 e. The molecule has 0 atom stereocenters. The smallest absolute Gasteiger partial charge is 0.251 e. The Kier molecular flexibility index (Phi) is 3.43. The third-order valence-electron chi connectivity index (χ3n) is 2.78. The fourth-order valence-corrected chi connectivity index (χ4v) is 2.05. The van der Waals surface area contributed by atoms with E-state index in [0.29, 0.717) is 23.8 Å². The summed E-state index contributed by atoms with van der Waals surface area (Å²) in [6, 6.07) is 3.03.